The van der Waals surface area contributed by atoms with Crippen molar-refractivity contribution >= 4 is 51.1 Å². The lowest BCUT2D eigenvalue weighted by atomic mass is 10.3. The summed E-state index contributed by atoms with van der Waals surface area (Å²) in [6.45, 7) is 3.24. The summed E-state index contributed by atoms with van der Waals surface area (Å²) in [6, 6.07) is 3.58. The number of hydrogen-bond donors (Lipinski definition) is 1. The third-order valence-corrected chi connectivity index (χ3v) is 4.73. The summed E-state index contributed by atoms with van der Waals surface area (Å²) < 4.78 is 0.659. The van der Waals surface area contributed by atoms with Crippen molar-refractivity contribution in [3.63, 3.8) is 0 Å². The van der Waals surface area contributed by atoms with Crippen molar-refractivity contribution in [2.75, 3.05) is 5.32 Å². The third kappa shape index (κ3) is 3.62. The van der Waals surface area contributed by atoms with Crippen LogP contribution in [0.5, 0.6) is 0 Å². The number of thiazole rings is 1. The molecule has 0 bridgehead atoms. The zero-order chi connectivity index (χ0) is 14.0. The van der Waals surface area contributed by atoms with Gasteiger partial charge in [0.1, 0.15) is 0 Å². The van der Waals surface area contributed by atoms with E-state index in [0.29, 0.717) is 20.0 Å². The summed E-state index contributed by atoms with van der Waals surface area (Å²) >= 11 is 8.37. The molecule has 0 atom stereocenters. The van der Waals surface area contributed by atoms with Gasteiger partial charge in [-0.25, -0.2) is 4.98 Å². The molecule has 1 amide bonds. The molecular weight excluding hydrogens is 304 g/mol. The lowest BCUT2D eigenvalue weighted by molar-refractivity contribution is -0.115. The molecule has 0 unspecified atom stereocenters. The molecule has 2 aromatic heterocycles. The van der Waals surface area contributed by atoms with Gasteiger partial charge in [-0.1, -0.05) is 22.9 Å². The monoisotopic (exact) mass is 314 g/mol. The molecule has 100 valence electrons. The first-order valence-corrected chi connectivity index (χ1v) is 7.49. The fourth-order valence-electron chi connectivity index (χ4n) is 1.54. The van der Waals surface area contributed by atoms with E-state index in [1.54, 1.807) is 13.0 Å². The van der Waals surface area contributed by atoms with Crippen LogP contribution in [0.4, 0.5) is 5.13 Å². The number of aryl methyl sites for hydroxylation is 1. The molecule has 0 aliphatic heterocycles. The number of Topliss-reactive ketones (excluding diaryl/α,β-unsaturated/α-hetero) is 1. The summed E-state index contributed by atoms with van der Waals surface area (Å²) in [5, 5.41) is 3.15. The van der Waals surface area contributed by atoms with Gasteiger partial charge in [0.2, 0.25) is 5.91 Å². The van der Waals surface area contributed by atoms with Gasteiger partial charge < -0.3 is 5.32 Å². The Hall–Kier alpha value is -1.24. The van der Waals surface area contributed by atoms with Gasteiger partial charge in [-0.05, 0) is 19.1 Å². The third-order valence-electron chi connectivity index (χ3n) is 2.33. The zero-order valence-corrected chi connectivity index (χ0v) is 12.7. The van der Waals surface area contributed by atoms with Gasteiger partial charge in [0.05, 0.1) is 21.3 Å². The van der Waals surface area contributed by atoms with Crippen LogP contribution in [0.2, 0.25) is 4.34 Å². The van der Waals surface area contributed by atoms with E-state index in [0.717, 1.165) is 4.88 Å². The number of ketones is 1. The number of thiophene rings is 1. The first-order valence-electron chi connectivity index (χ1n) is 5.48. The number of carbonyl (C=O) groups excluding carboxylic acids is 2. The molecule has 2 rings (SSSR count). The standard InChI is InChI=1S/C12H11ClN2O2S2/c1-6-11(7(2)16)19-12(14-6)15-10(17)5-8-3-4-9(13)18-8/h3-4H,5H2,1-2H3,(H,14,15,17). The van der Waals surface area contributed by atoms with Crippen LogP contribution in [0.1, 0.15) is 27.2 Å². The van der Waals surface area contributed by atoms with Crippen LogP contribution in [0.25, 0.3) is 0 Å². The maximum atomic E-state index is 11.8. The molecule has 2 heterocycles. The van der Waals surface area contributed by atoms with Gasteiger partial charge in [-0.15, -0.1) is 11.3 Å². The Morgan fingerprint density at radius 3 is 2.63 bits per heavy atom. The number of nitrogens with zero attached hydrogens (tertiary/aromatic N) is 1. The number of hydrogen-bond acceptors (Lipinski definition) is 5. The van der Waals surface area contributed by atoms with Gasteiger partial charge in [-0.2, -0.15) is 0 Å². The average molecular weight is 315 g/mol. The molecule has 4 nitrogen and oxygen atoms in total. The minimum Gasteiger partial charge on any atom is -0.302 e. The van der Waals surface area contributed by atoms with Gasteiger partial charge in [0.15, 0.2) is 10.9 Å². The summed E-state index contributed by atoms with van der Waals surface area (Å²) in [6.07, 6.45) is 0.255. The zero-order valence-electron chi connectivity index (χ0n) is 10.3. The summed E-state index contributed by atoms with van der Waals surface area (Å²) in [5.41, 5.74) is 0.645. The Kier molecular flexibility index (Phi) is 4.34. The van der Waals surface area contributed by atoms with Gasteiger partial charge >= 0.3 is 0 Å². The fourth-order valence-corrected chi connectivity index (χ4v) is 3.51. The summed E-state index contributed by atoms with van der Waals surface area (Å²) in [4.78, 5) is 28.8. The quantitative estimate of drug-likeness (QED) is 0.878. The normalized spacial score (nSPS) is 10.5. The molecule has 19 heavy (non-hydrogen) atoms. The summed E-state index contributed by atoms with van der Waals surface area (Å²) in [7, 11) is 0. The molecule has 0 fully saturated rings. The highest BCUT2D eigenvalue weighted by Crippen LogP contribution is 2.24. The van der Waals surface area contributed by atoms with Crippen LogP contribution in [0.3, 0.4) is 0 Å². The molecule has 0 radical (unpaired) electrons. The van der Waals surface area contributed by atoms with Crippen molar-refractivity contribution in [2.45, 2.75) is 20.3 Å². The summed E-state index contributed by atoms with van der Waals surface area (Å²) in [5.74, 6) is -0.206. The Bertz CT molecular complexity index is 633. The molecule has 0 saturated heterocycles. The SMILES string of the molecule is CC(=O)c1sc(NC(=O)Cc2ccc(Cl)s2)nc1C. The van der Waals surface area contributed by atoms with Crippen LogP contribution in [0.15, 0.2) is 12.1 Å². The van der Waals surface area contributed by atoms with Crippen molar-refractivity contribution in [3.8, 4) is 0 Å². The Balaban J connectivity index is 2.03. The molecule has 0 aliphatic carbocycles. The number of amides is 1. The average Bonchev–Trinajstić information content (AvgIpc) is 2.85. The first-order chi connectivity index (χ1) is 8.95. The van der Waals surface area contributed by atoms with Crippen molar-refractivity contribution in [1.29, 1.82) is 0 Å². The molecule has 0 spiro atoms. The molecule has 1 N–H and O–H groups in total. The van der Waals surface area contributed by atoms with Crippen molar-refractivity contribution in [1.82, 2.24) is 4.98 Å². The van der Waals surface area contributed by atoms with E-state index in [1.807, 2.05) is 6.07 Å². The number of carbonyl (C=O) groups is 2. The predicted molar refractivity (Wildman–Crippen MR) is 78.5 cm³/mol. The first kappa shape index (κ1) is 14.2. The molecule has 0 aromatic carbocycles. The van der Waals surface area contributed by atoms with Gasteiger partial charge in [0.25, 0.3) is 0 Å². The topological polar surface area (TPSA) is 59.1 Å². The van der Waals surface area contributed by atoms with Crippen LogP contribution in [-0.2, 0) is 11.2 Å². The number of rotatable bonds is 4. The second-order valence-corrected chi connectivity index (χ2v) is 6.72. The highest BCUT2D eigenvalue weighted by atomic mass is 35.5. The van der Waals surface area contributed by atoms with Crippen molar-refractivity contribution in [2.24, 2.45) is 0 Å². The minimum atomic E-state index is -0.164. The molecule has 7 heteroatoms. The van der Waals surface area contributed by atoms with E-state index in [1.165, 1.54) is 29.6 Å². The van der Waals surface area contributed by atoms with E-state index in [4.69, 9.17) is 11.6 Å². The Morgan fingerprint density at radius 1 is 1.37 bits per heavy atom. The van der Waals surface area contributed by atoms with E-state index >= 15 is 0 Å². The van der Waals surface area contributed by atoms with Crippen LogP contribution in [-0.4, -0.2) is 16.7 Å². The van der Waals surface area contributed by atoms with E-state index < -0.39 is 0 Å². The number of halogens is 1. The number of aromatic nitrogens is 1. The maximum absolute atomic E-state index is 11.8. The lowest BCUT2D eigenvalue weighted by Crippen LogP contribution is -2.13. The fraction of sp³-hybridized carbons (Fsp3) is 0.250. The largest absolute Gasteiger partial charge is 0.302 e. The van der Waals surface area contributed by atoms with Crippen LogP contribution in [0, 0.1) is 6.92 Å². The van der Waals surface area contributed by atoms with Gasteiger partial charge in [-0.3, -0.25) is 9.59 Å². The molecule has 0 saturated carbocycles. The van der Waals surface area contributed by atoms with E-state index in [2.05, 4.69) is 10.3 Å². The van der Waals surface area contributed by atoms with Crippen LogP contribution >= 0.6 is 34.3 Å². The van der Waals surface area contributed by atoms with E-state index in [9.17, 15) is 9.59 Å². The Morgan fingerprint density at radius 2 is 2.11 bits per heavy atom. The molecule has 0 aliphatic rings. The van der Waals surface area contributed by atoms with E-state index in [-0.39, 0.29) is 18.1 Å². The van der Waals surface area contributed by atoms with Crippen molar-refractivity contribution in [3.05, 3.63) is 31.9 Å². The highest BCUT2D eigenvalue weighted by Gasteiger charge is 2.14. The second kappa shape index (κ2) is 5.81. The molecule has 2 aromatic rings. The molecular formula is C12H11ClN2O2S2. The Labute approximate surface area is 123 Å². The lowest BCUT2D eigenvalue weighted by Gasteiger charge is -1.98. The van der Waals surface area contributed by atoms with Crippen molar-refractivity contribution < 1.29 is 9.59 Å². The predicted octanol–water partition coefficient (Wildman–Crippen LogP) is 3.55. The minimum absolute atomic E-state index is 0.0412. The number of anilines is 1. The smallest absolute Gasteiger partial charge is 0.231 e. The second-order valence-electron chi connectivity index (χ2n) is 3.92. The highest BCUT2D eigenvalue weighted by molar-refractivity contribution is 7.18. The maximum Gasteiger partial charge on any atom is 0.231 e. The van der Waals surface area contributed by atoms with Gasteiger partial charge in [0, 0.05) is 11.8 Å². The number of nitrogens with one attached hydrogen (secondary N) is 1. The van der Waals surface area contributed by atoms with Crippen LogP contribution < -0.4 is 5.32 Å².